The standard InChI is InChI=1S/C18H17FN2O4S/c1-25-15-4-7-17-13(11-15)10-12(18(22)21-17)8-9-20-26(23,24)16-5-2-14(19)3-6-16/h2-7,10-11,20H,8-9H2,1H3,(H,21,22). The van der Waals surface area contributed by atoms with Crippen LogP contribution in [-0.2, 0) is 16.4 Å². The van der Waals surface area contributed by atoms with Gasteiger partial charge in [0.1, 0.15) is 11.6 Å². The smallest absolute Gasteiger partial charge is 0.251 e. The van der Waals surface area contributed by atoms with E-state index in [9.17, 15) is 17.6 Å². The van der Waals surface area contributed by atoms with Gasteiger partial charge in [0.15, 0.2) is 0 Å². The molecule has 1 heterocycles. The number of pyridine rings is 1. The lowest BCUT2D eigenvalue weighted by Crippen LogP contribution is -2.27. The highest BCUT2D eigenvalue weighted by molar-refractivity contribution is 7.89. The molecule has 0 saturated carbocycles. The summed E-state index contributed by atoms with van der Waals surface area (Å²) >= 11 is 0. The number of halogens is 1. The fourth-order valence-corrected chi connectivity index (χ4v) is 3.59. The monoisotopic (exact) mass is 376 g/mol. The average molecular weight is 376 g/mol. The van der Waals surface area contributed by atoms with E-state index in [-0.39, 0.29) is 23.4 Å². The third kappa shape index (κ3) is 3.92. The van der Waals surface area contributed by atoms with Crippen LogP contribution in [-0.4, -0.2) is 27.1 Å². The van der Waals surface area contributed by atoms with E-state index in [1.54, 1.807) is 31.4 Å². The van der Waals surface area contributed by atoms with Crippen molar-refractivity contribution >= 4 is 20.9 Å². The average Bonchev–Trinajstić information content (AvgIpc) is 2.62. The second-order valence-corrected chi connectivity index (χ2v) is 7.45. The number of H-pyrrole nitrogens is 1. The third-order valence-corrected chi connectivity index (χ3v) is 5.42. The fourth-order valence-electron chi connectivity index (χ4n) is 2.56. The quantitative estimate of drug-likeness (QED) is 0.690. The van der Waals surface area contributed by atoms with Crippen LogP contribution in [0.1, 0.15) is 5.56 Å². The van der Waals surface area contributed by atoms with Gasteiger partial charge >= 0.3 is 0 Å². The Morgan fingerprint density at radius 1 is 1.12 bits per heavy atom. The minimum absolute atomic E-state index is 0.0314. The van der Waals surface area contributed by atoms with E-state index in [4.69, 9.17) is 4.74 Å². The molecule has 3 rings (SSSR count). The zero-order valence-corrected chi connectivity index (χ0v) is 14.8. The Balaban J connectivity index is 1.76. The number of nitrogens with one attached hydrogen (secondary N) is 2. The first kappa shape index (κ1) is 18.1. The number of aromatic nitrogens is 1. The zero-order valence-electron chi connectivity index (χ0n) is 14.0. The molecule has 136 valence electrons. The van der Waals surface area contributed by atoms with Gasteiger partial charge in [-0.2, -0.15) is 0 Å². The van der Waals surface area contributed by atoms with Gasteiger partial charge in [-0.1, -0.05) is 0 Å². The van der Waals surface area contributed by atoms with Crippen LogP contribution >= 0.6 is 0 Å². The summed E-state index contributed by atoms with van der Waals surface area (Å²) in [6, 6.07) is 11.5. The van der Waals surface area contributed by atoms with Gasteiger partial charge in [0.2, 0.25) is 10.0 Å². The van der Waals surface area contributed by atoms with E-state index >= 15 is 0 Å². The lowest BCUT2D eigenvalue weighted by Gasteiger charge is -2.08. The Kier molecular flexibility index (Phi) is 5.06. The Morgan fingerprint density at radius 3 is 2.54 bits per heavy atom. The minimum atomic E-state index is -3.76. The highest BCUT2D eigenvalue weighted by Crippen LogP contribution is 2.19. The first-order valence-corrected chi connectivity index (χ1v) is 9.32. The number of benzene rings is 2. The summed E-state index contributed by atoms with van der Waals surface area (Å²) in [5.41, 5.74) is 0.850. The Morgan fingerprint density at radius 2 is 1.85 bits per heavy atom. The summed E-state index contributed by atoms with van der Waals surface area (Å²) < 4.78 is 44.8. The highest BCUT2D eigenvalue weighted by atomic mass is 32.2. The van der Waals surface area contributed by atoms with Gasteiger partial charge < -0.3 is 9.72 Å². The molecule has 26 heavy (non-hydrogen) atoms. The van der Waals surface area contributed by atoms with Crippen LogP contribution in [0.3, 0.4) is 0 Å². The molecule has 0 fully saturated rings. The molecule has 0 bridgehead atoms. The van der Waals surface area contributed by atoms with Crippen molar-refractivity contribution in [2.75, 3.05) is 13.7 Å². The molecule has 2 aromatic carbocycles. The van der Waals surface area contributed by atoms with Crippen LogP contribution in [0.2, 0.25) is 0 Å². The first-order chi connectivity index (χ1) is 12.4. The molecule has 0 atom stereocenters. The molecule has 0 aliphatic carbocycles. The molecule has 1 aromatic heterocycles. The van der Waals surface area contributed by atoms with Gasteiger partial charge in [0, 0.05) is 23.0 Å². The van der Waals surface area contributed by atoms with Gasteiger partial charge in [0.25, 0.3) is 5.56 Å². The molecule has 6 nitrogen and oxygen atoms in total. The molecule has 8 heteroatoms. The van der Waals surface area contributed by atoms with Crippen molar-refractivity contribution in [3.8, 4) is 5.75 Å². The zero-order chi connectivity index (χ0) is 18.7. The molecule has 0 saturated heterocycles. The van der Waals surface area contributed by atoms with Crippen LogP contribution in [0.5, 0.6) is 5.75 Å². The summed E-state index contributed by atoms with van der Waals surface area (Å²) in [4.78, 5) is 14.9. The second-order valence-electron chi connectivity index (χ2n) is 5.68. The van der Waals surface area contributed by atoms with Crippen molar-refractivity contribution in [1.82, 2.24) is 9.71 Å². The first-order valence-electron chi connectivity index (χ1n) is 7.84. The van der Waals surface area contributed by atoms with Gasteiger partial charge in [0.05, 0.1) is 12.0 Å². The number of hydrogen-bond acceptors (Lipinski definition) is 4. The number of rotatable bonds is 6. The lowest BCUT2D eigenvalue weighted by atomic mass is 10.1. The van der Waals surface area contributed by atoms with Crippen molar-refractivity contribution in [2.45, 2.75) is 11.3 Å². The Hall–Kier alpha value is -2.71. The number of aromatic amines is 1. The van der Waals surface area contributed by atoms with Crippen molar-refractivity contribution in [3.63, 3.8) is 0 Å². The van der Waals surface area contributed by atoms with E-state index in [1.807, 2.05) is 0 Å². The Bertz CT molecular complexity index is 1090. The predicted molar refractivity (Wildman–Crippen MR) is 96.4 cm³/mol. The van der Waals surface area contributed by atoms with Crippen molar-refractivity contribution < 1.29 is 17.5 Å². The van der Waals surface area contributed by atoms with Gasteiger partial charge in [-0.25, -0.2) is 17.5 Å². The highest BCUT2D eigenvalue weighted by Gasteiger charge is 2.14. The SMILES string of the molecule is COc1ccc2[nH]c(=O)c(CCNS(=O)(=O)c3ccc(F)cc3)cc2c1. The van der Waals surface area contributed by atoms with Crippen molar-refractivity contribution in [2.24, 2.45) is 0 Å². The predicted octanol–water partition coefficient (Wildman–Crippen LogP) is 2.20. The van der Waals surface area contributed by atoms with Gasteiger partial charge in [-0.3, -0.25) is 4.79 Å². The van der Waals surface area contributed by atoms with Gasteiger partial charge in [-0.15, -0.1) is 0 Å². The normalized spacial score (nSPS) is 11.6. The van der Waals surface area contributed by atoms with Crippen molar-refractivity contribution in [3.05, 3.63) is 70.3 Å². The third-order valence-electron chi connectivity index (χ3n) is 3.94. The topological polar surface area (TPSA) is 88.3 Å². The molecule has 0 spiro atoms. The maximum Gasteiger partial charge on any atom is 0.251 e. The largest absolute Gasteiger partial charge is 0.497 e. The van der Waals surface area contributed by atoms with E-state index in [0.717, 1.165) is 17.5 Å². The molecule has 0 unspecified atom stereocenters. The number of methoxy groups -OCH3 is 1. The van der Waals surface area contributed by atoms with Crippen molar-refractivity contribution in [1.29, 1.82) is 0 Å². The molecule has 0 aliphatic heterocycles. The fraction of sp³-hybridized carbons (Fsp3) is 0.167. The molecule has 0 radical (unpaired) electrons. The van der Waals surface area contributed by atoms with Crippen LogP contribution in [0.25, 0.3) is 10.9 Å². The Labute approximate surface area is 149 Å². The summed E-state index contributed by atoms with van der Waals surface area (Å²) in [6.07, 6.45) is 0.211. The maximum atomic E-state index is 12.9. The van der Waals surface area contributed by atoms with E-state index < -0.39 is 15.8 Å². The van der Waals surface area contributed by atoms with E-state index in [1.165, 1.54) is 12.1 Å². The summed E-state index contributed by atoms with van der Waals surface area (Å²) in [5.74, 6) is 0.148. The molecular weight excluding hydrogens is 359 g/mol. The minimum Gasteiger partial charge on any atom is -0.497 e. The molecule has 0 amide bonds. The summed E-state index contributed by atoms with van der Waals surface area (Å²) in [6.45, 7) is 0.0399. The molecule has 2 N–H and O–H groups in total. The molecular formula is C18H17FN2O4S. The van der Waals surface area contributed by atoms with Crippen LogP contribution < -0.4 is 15.0 Å². The number of fused-ring (bicyclic) bond motifs is 1. The van der Waals surface area contributed by atoms with Crippen LogP contribution in [0.4, 0.5) is 4.39 Å². The lowest BCUT2D eigenvalue weighted by molar-refractivity contribution is 0.415. The van der Waals surface area contributed by atoms with E-state index in [2.05, 4.69) is 9.71 Å². The van der Waals surface area contributed by atoms with E-state index in [0.29, 0.717) is 16.8 Å². The molecule has 3 aromatic rings. The summed E-state index contributed by atoms with van der Waals surface area (Å²) in [7, 11) is -2.21. The number of ether oxygens (including phenoxy) is 1. The van der Waals surface area contributed by atoms with Crippen LogP contribution in [0.15, 0.2) is 58.2 Å². The summed E-state index contributed by atoms with van der Waals surface area (Å²) in [5, 5.41) is 0.792. The van der Waals surface area contributed by atoms with Crippen LogP contribution in [0, 0.1) is 5.82 Å². The number of hydrogen-bond donors (Lipinski definition) is 2. The van der Waals surface area contributed by atoms with Gasteiger partial charge in [-0.05, 0) is 55.0 Å². The molecule has 0 aliphatic rings. The maximum absolute atomic E-state index is 12.9. The number of sulfonamides is 1. The second kappa shape index (κ2) is 7.27.